The number of rotatable bonds is 9. The van der Waals surface area contributed by atoms with Crippen LogP contribution in [-0.4, -0.2) is 51.8 Å². The number of unbranched alkanes of at least 4 members (excludes halogenated alkanes) is 1. The lowest BCUT2D eigenvalue weighted by Gasteiger charge is -2.22. The minimum Gasteiger partial charge on any atom is -0.381 e. The van der Waals surface area contributed by atoms with Crippen molar-refractivity contribution in [2.45, 2.75) is 51.0 Å². The molecule has 0 aromatic rings. The first-order valence-electron chi connectivity index (χ1n) is 7.62. The second kappa shape index (κ2) is 9.76. The molecule has 0 aliphatic carbocycles. The quantitative estimate of drug-likeness (QED) is 0.642. The molecule has 1 rings (SSSR count). The van der Waals surface area contributed by atoms with E-state index in [4.69, 9.17) is 4.74 Å². The van der Waals surface area contributed by atoms with Crippen molar-refractivity contribution in [2.24, 2.45) is 5.92 Å². The summed E-state index contributed by atoms with van der Waals surface area (Å²) >= 11 is 0. The Morgan fingerprint density at radius 3 is 2.50 bits per heavy atom. The van der Waals surface area contributed by atoms with Crippen molar-refractivity contribution >= 4 is 0 Å². The maximum Gasteiger partial charge on any atom is 0.0468 e. The van der Waals surface area contributed by atoms with Crippen LogP contribution in [0.3, 0.4) is 0 Å². The Morgan fingerprint density at radius 1 is 1.17 bits per heavy atom. The van der Waals surface area contributed by atoms with Gasteiger partial charge in [0.25, 0.3) is 0 Å². The summed E-state index contributed by atoms with van der Waals surface area (Å²) in [5.74, 6) is 0.938. The van der Waals surface area contributed by atoms with Gasteiger partial charge in [-0.05, 0) is 59.3 Å². The average molecular weight is 256 g/mol. The fourth-order valence-corrected chi connectivity index (χ4v) is 2.71. The van der Waals surface area contributed by atoms with E-state index in [2.05, 4.69) is 31.4 Å². The molecule has 1 fully saturated rings. The highest BCUT2D eigenvalue weighted by atomic mass is 16.5. The van der Waals surface area contributed by atoms with Gasteiger partial charge < -0.3 is 15.0 Å². The van der Waals surface area contributed by atoms with E-state index in [-0.39, 0.29) is 0 Å². The maximum absolute atomic E-state index is 5.40. The topological polar surface area (TPSA) is 24.5 Å². The van der Waals surface area contributed by atoms with Crippen LogP contribution >= 0.6 is 0 Å². The minimum absolute atomic E-state index is 0.696. The molecule has 0 bridgehead atoms. The van der Waals surface area contributed by atoms with Crippen molar-refractivity contribution in [3.63, 3.8) is 0 Å². The Hall–Kier alpha value is -0.120. The van der Waals surface area contributed by atoms with Crippen LogP contribution < -0.4 is 5.32 Å². The molecule has 0 spiro atoms. The largest absolute Gasteiger partial charge is 0.381 e. The lowest BCUT2D eigenvalue weighted by atomic mass is 9.93. The zero-order chi connectivity index (χ0) is 13.2. The molecule has 1 saturated heterocycles. The molecule has 1 aliphatic rings. The van der Waals surface area contributed by atoms with Crippen molar-refractivity contribution in [1.82, 2.24) is 10.2 Å². The molecule has 0 amide bonds. The van der Waals surface area contributed by atoms with Gasteiger partial charge in [0.05, 0.1) is 0 Å². The van der Waals surface area contributed by atoms with Crippen LogP contribution in [0.4, 0.5) is 0 Å². The second-order valence-electron chi connectivity index (χ2n) is 5.92. The third-order valence-corrected chi connectivity index (χ3v) is 4.09. The van der Waals surface area contributed by atoms with Crippen LogP contribution in [0.25, 0.3) is 0 Å². The molecule has 0 aromatic heterocycles. The first-order chi connectivity index (χ1) is 8.72. The summed E-state index contributed by atoms with van der Waals surface area (Å²) in [6.07, 6.45) is 9.34. The lowest BCUT2D eigenvalue weighted by molar-refractivity contribution is 0.0630. The Labute approximate surface area is 113 Å². The highest BCUT2D eigenvalue weighted by Gasteiger charge is 2.13. The molecule has 0 radical (unpaired) electrons. The maximum atomic E-state index is 5.40. The smallest absolute Gasteiger partial charge is 0.0468 e. The number of nitrogens with one attached hydrogen (secondary N) is 1. The van der Waals surface area contributed by atoms with Crippen LogP contribution in [0.2, 0.25) is 0 Å². The van der Waals surface area contributed by atoms with Crippen molar-refractivity contribution in [1.29, 1.82) is 0 Å². The van der Waals surface area contributed by atoms with Gasteiger partial charge in [-0.25, -0.2) is 0 Å². The number of nitrogens with zero attached hydrogens (tertiary/aromatic N) is 1. The highest BCUT2D eigenvalue weighted by Crippen LogP contribution is 2.21. The average Bonchev–Trinajstić information content (AvgIpc) is 2.39. The van der Waals surface area contributed by atoms with Gasteiger partial charge in [0.1, 0.15) is 0 Å². The van der Waals surface area contributed by atoms with E-state index in [1.807, 2.05) is 0 Å². The van der Waals surface area contributed by atoms with Crippen molar-refractivity contribution in [3.8, 4) is 0 Å². The molecule has 0 aromatic carbocycles. The molecule has 3 nitrogen and oxygen atoms in total. The Bertz CT molecular complexity index is 191. The normalized spacial score (nSPS) is 19.3. The zero-order valence-electron chi connectivity index (χ0n) is 12.6. The molecule has 3 heteroatoms. The van der Waals surface area contributed by atoms with Crippen LogP contribution in [0.15, 0.2) is 0 Å². The van der Waals surface area contributed by atoms with Crippen molar-refractivity contribution in [2.75, 3.05) is 40.9 Å². The van der Waals surface area contributed by atoms with Gasteiger partial charge in [-0.1, -0.05) is 19.3 Å². The van der Waals surface area contributed by atoms with Crippen LogP contribution in [-0.2, 0) is 4.74 Å². The molecule has 1 atom stereocenters. The fraction of sp³-hybridized carbons (Fsp3) is 1.00. The third kappa shape index (κ3) is 7.34. The predicted octanol–water partition coefficient (Wildman–Crippen LogP) is 2.51. The molecular weight excluding hydrogens is 224 g/mol. The zero-order valence-corrected chi connectivity index (χ0v) is 12.6. The van der Waals surface area contributed by atoms with E-state index in [9.17, 15) is 0 Å². The Kier molecular flexibility index (Phi) is 8.64. The molecule has 0 saturated carbocycles. The van der Waals surface area contributed by atoms with E-state index < -0.39 is 0 Å². The van der Waals surface area contributed by atoms with E-state index in [0.29, 0.717) is 6.04 Å². The summed E-state index contributed by atoms with van der Waals surface area (Å²) in [7, 11) is 6.40. The summed E-state index contributed by atoms with van der Waals surface area (Å²) in [5.41, 5.74) is 0. The fourth-order valence-electron chi connectivity index (χ4n) is 2.71. The molecular formula is C15H32N2O. The minimum atomic E-state index is 0.696. The summed E-state index contributed by atoms with van der Waals surface area (Å²) < 4.78 is 5.40. The van der Waals surface area contributed by atoms with E-state index >= 15 is 0 Å². The number of hydrogen-bond acceptors (Lipinski definition) is 3. The molecule has 1 aliphatic heterocycles. The Morgan fingerprint density at radius 2 is 1.89 bits per heavy atom. The van der Waals surface area contributed by atoms with Gasteiger partial charge in [0.2, 0.25) is 0 Å². The third-order valence-electron chi connectivity index (χ3n) is 4.09. The van der Waals surface area contributed by atoms with Crippen molar-refractivity contribution in [3.05, 3.63) is 0 Å². The Balaban J connectivity index is 2.00. The second-order valence-corrected chi connectivity index (χ2v) is 5.92. The van der Waals surface area contributed by atoms with Gasteiger partial charge in [0, 0.05) is 19.3 Å². The summed E-state index contributed by atoms with van der Waals surface area (Å²) in [4.78, 5) is 2.27. The summed E-state index contributed by atoms with van der Waals surface area (Å²) in [6.45, 7) is 3.17. The predicted molar refractivity (Wildman–Crippen MR) is 78.0 cm³/mol. The van der Waals surface area contributed by atoms with Gasteiger partial charge in [-0.15, -0.1) is 0 Å². The van der Waals surface area contributed by atoms with Crippen LogP contribution in [0, 0.1) is 5.92 Å². The summed E-state index contributed by atoms with van der Waals surface area (Å²) in [6, 6.07) is 0.696. The van der Waals surface area contributed by atoms with Crippen LogP contribution in [0.1, 0.15) is 44.9 Å². The van der Waals surface area contributed by atoms with Crippen molar-refractivity contribution < 1.29 is 4.74 Å². The SMILES string of the molecule is CNC(CCCCC1CCOCC1)CCN(C)C. The molecule has 18 heavy (non-hydrogen) atoms. The molecule has 1 heterocycles. The monoisotopic (exact) mass is 256 g/mol. The number of ether oxygens (including phenoxy) is 1. The van der Waals surface area contributed by atoms with E-state index in [1.54, 1.807) is 0 Å². The molecule has 1 unspecified atom stereocenters. The van der Waals surface area contributed by atoms with E-state index in [1.165, 1.54) is 51.5 Å². The lowest BCUT2D eigenvalue weighted by Crippen LogP contribution is -2.29. The standard InChI is InChI=1S/C15H32N2O/c1-16-15(8-11-17(2)3)7-5-4-6-14-9-12-18-13-10-14/h14-16H,4-13H2,1-3H3. The van der Waals surface area contributed by atoms with Gasteiger partial charge in [0.15, 0.2) is 0 Å². The van der Waals surface area contributed by atoms with E-state index in [0.717, 1.165) is 19.1 Å². The van der Waals surface area contributed by atoms with Gasteiger partial charge in [-0.3, -0.25) is 0 Å². The first kappa shape index (κ1) is 15.9. The van der Waals surface area contributed by atoms with Gasteiger partial charge in [-0.2, -0.15) is 0 Å². The number of hydrogen-bond donors (Lipinski definition) is 1. The first-order valence-corrected chi connectivity index (χ1v) is 7.62. The summed E-state index contributed by atoms with van der Waals surface area (Å²) in [5, 5.41) is 3.45. The molecule has 108 valence electrons. The van der Waals surface area contributed by atoms with Gasteiger partial charge >= 0.3 is 0 Å². The molecule has 1 N–H and O–H groups in total. The van der Waals surface area contributed by atoms with Crippen LogP contribution in [0.5, 0.6) is 0 Å². The highest BCUT2D eigenvalue weighted by molar-refractivity contribution is 4.68.